The third kappa shape index (κ3) is 1.66. The van der Waals surface area contributed by atoms with Gasteiger partial charge in [-0.2, -0.15) is 0 Å². The number of hydrogen-bond donors (Lipinski definition) is 2. The maximum atomic E-state index is 11.2. The van der Waals surface area contributed by atoms with E-state index in [4.69, 9.17) is 5.41 Å². The molecular weight excluding hydrogens is 166 g/mol. The minimum absolute atomic E-state index is 0.0394. The summed E-state index contributed by atoms with van der Waals surface area (Å²) in [6.07, 6.45) is 2.01. The number of nitrogens with one attached hydrogen (secondary N) is 2. The smallest absolute Gasteiger partial charge is 0.317 e. The number of carbonyl (C=O) groups is 1. The summed E-state index contributed by atoms with van der Waals surface area (Å²) in [6, 6.07) is -0.190. The highest BCUT2D eigenvalue weighted by Crippen LogP contribution is 2.21. The lowest BCUT2D eigenvalue weighted by atomic mass is 9.93. The zero-order chi connectivity index (χ0) is 10.0. The van der Waals surface area contributed by atoms with Gasteiger partial charge in [0.2, 0.25) is 0 Å². The van der Waals surface area contributed by atoms with Crippen LogP contribution in [0.3, 0.4) is 0 Å². The molecule has 0 aromatic carbocycles. The largest absolute Gasteiger partial charge is 0.323 e. The summed E-state index contributed by atoms with van der Waals surface area (Å²) in [4.78, 5) is 12.8. The molecule has 4 nitrogen and oxygen atoms in total. The molecule has 1 aliphatic heterocycles. The number of nitrogens with zero attached hydrogens (tertiary/aromatic N) is 1. The highest BCUT2D eigenvalue weighted by atomic mass is 16.2. The van der Waals surface area contributed by atoms with E-state index in [2.05, 4.69) is 19.2 Å². The molecule has 0 aromatic rings. The van der Waals surface area contributed by atoms with E-state index in [0.717, 1.165) is 12.8 Å². The van der Waals surface area contributed by atoms with Gasteiger partial charge in [-0.25, -0.2) is 4.79 Å². The van der Waals surface area contributed by atoms with E-state index in [1.54, 1.807) is 11.9 Å². The Morgan fingerprint density at radius 2 is 2.08 bits per heavy atom. The number of carbonyl (C=O) groups excluding carboxylic acids is 1. The van der Waals surface area contributed by atoms with Crippen LogP contribution in [0.5, 0.6) is 0 Å². The lowest BCUT2D eigenvalue weighted by Crippen LogP contribution is -2.37. The molecule has 1 aliphatic rings. The maximum Gasteiger partial charge on any atom is 0.323 e. The lowest BCUT2D eigenvalue weighted by Gasteiger charge is -2.25. The van der Waals surface area contributed by atoms with Crippen LogP contribution in [-0.2, 0) is 0 Å². The molecule has 2 N–H and O–H groups in total. The molecule has 1 fully saturated rings. The average Bonchev–Trinajstić information content (AvgIpc) is 2.34. The quantitative estimate of drug-likeness (QED) is 0.683. The molecule has 0 spiro atoms. The molecule has 1 rings (SSSR count). The van der Waals surface area contributed by atoms with E-state index in [-0.39, 0.29) is 12.1 Å². The van der Waals surface area contributed by atoms with Crippen molar-refractivity contribution < 1.29 is 4.79 Å². The topological polar surface area (TPSA) is 56.2 Å². The van der Waals surface area contributed by atoms with E-state index in [1.165, 1.54) is 0 Å². The van der Waals surface area contributed by atoms with Crippen LogP contribution in [0.2, 0.25) is 0 Å². The molecule has 13 heavy (non-hydrogen) atoms. The Balaban J connectivity index is 2.78. The van der Waals surface area contributed by atoms with E-state index >= 15 is 0 Å². The van der Waals surface area contributed by atoms with Gasteiger partial charge in [-0.1, -0.05) is 26.7 Å². The van der Waals surface area contributed by atoms with Gasteiger partial charge in [0, 0.05) is 7.05 Å². The lowest BCUT2D eigenvalue weighted by molar-refractivity contribution is 0.203. The Bertz CT molecular complexity index is 223. The van der Waals surface area contributed by atoms with E-state index < -0.39 is 0 Å². The monoisotopic (exact) mass is 183 g/mol. The molecule has 2 amide bonds. The third-order valence-corrected chi connectivity index (χ3v) is 2.77. The fraction of sp³-hybridized carbons (Fsp3) is 0.778. The minimum Gasteiger partial charge on any atom is -0.317 e. The Labute approximate surface area is 78.8 Å². The van der Waals surface area contributed by atoms with Crippen LogP contribution < -0.4 is 5.32 Å². The Hall–Kier alpha value is -1.06. The highest BCUT2D eigenvalue weighted by Gasteiger charge is 2.36. The van der Waals surface area contributed by atoms with Gasteiger partial charge < -0.3 is 4.90 Å². The number of rotatable bonds is 3. The van der Waals surface area contributed by atoms with Crippen molar-refractivity contribution in [2.45, 2.75) is 32.7 Å². The molecular formula is C9H17N3O. The summed E-state index contributed by atoms with van der Waals surface area (Å²) < 4.78 is 0. The van der Waals surface area contributed by atoms with Crippen molar-refractivity contribution in [1.29, 1.82) is 5.41 Å². The van der Waals surface area contributed by atoms with Gasteiger partial charge in [0.05, 0.1) is 6.04 Å². The highest BCUT2D eigenvalue weighted by molar-refractivity contribution is 6.05. The Morgan fingerprint density at radius 1 is 1.54 bits per heavy atom. The molecule has 1 heterocycles. The van der Waals surface area contributed by atoms with Crippen LogP contribution >= 0.6 is 0 Å². The second-order valence-corrected chi connectivity index (χ2v) is 3.48. The fourth-order valence-electron chi connectivity index (χ4n) is 1.88. The second kappa shape index (κ2) is 3.77. The molecule has 74 valence electrons. The summed E-state index contributed by atoms with van der Waals surface area (Å²) in [5.74, 6) is 0.748. The normalized spacial score (nSPS) is 22.8. The van der Waals surface area contributed by atoms with Gasteiger partial charge in [0.25, 0.3) is 0 Å². The van der Waals surface area contributed by atoms with Crippen molar-refractivity contribution in [1.82, 2.24) is 10.2 Å². The van der Waals surface area contributed by atoms with Crippen molar-refractivity contribution in [3.8, 4) is 0 Å². The van der Waals surface area contributed by atoms with E-state index in [0.29, 0.717) is 11.8 Å². The van der Waals surface area contributed by atoms with Crippen molar-refractivity contribution in [2.24, 2.45) is 5.92 Å². The molecule has 1 unspecified atom stereocenters. The number of amides is 2. The molecule has 0 bridgehead atoms. The van der Waals surface area contributed by atoms with E-state index in [9.17, 15) is 4.79 Å². The maximum absolute atomic E-state index is 11.2. The summed E-state index contributed by atoms with van der Waals surface area (Å²) in [6.45, 7) is 4.19. The van der Waals surface area contributed by atoms with Crippen LogP contribution in [0.25, 0.3) is 0 Å². The molecule has 1 saturated heterocycles. The predicted molar refractivity (Wildman–Crippen MR) is 51.9 cm³/mol. The first-order valence-corrected chi connectivity index (χ1v) is 4.74. The third-order valence-electron chi connectivity index (χ3n) is 2.77. The molecule has 0 aromatic heterocycles. The molecule has 1 atom stereocenters. The number of hydrogen-bond acceptors (Lipinski definition) is 2. The SMILES string of the molecule is CCC(CC)C1C(=N)NC(=O)N1C. The minimum atomic E-state index is -0.151. The van der Waals surface area contributed by atoms with Crippen LogP contribution in [0.15, 0.2) is 0 Å². The fourth-order valence-corrected chi connectivity index (χ4v) is 1.88. The van der Waals surface area contributed by atoms with Gasteiger partial charge in [-0.15, -0.1) is 0 Å². The standard InChI is InChI=1S/C9H17N3O/c1-4-6(5-2)7-8(10)11-9(13)12(7)3/h6-7H,4-5H2,1-3H3,(H2,10,11,13). The van der Waals surface area contributed by atoms with Crippen LogP contribution in [0.4, 0.5) is 4.79 Å². The molecule has 4 heteroatoms. The number of urea groups is 1. The van der Waals surface area contributed by atoms with Crippen LogP contribution in [0.1, 0.15) is 26.7 Å². The zero-order valence-electron chi connectivity index (χ0n) is 8.42. The van der Waals surface area contributed by atoms with Crippen LogP contribution in [-0.4, -0.2) is 29.9 Å². The average molecular weight is 183 g/mol. The first kappa shape index (κ1) is 10.0. The first-order chi connectivity index (χ1) is 6.11. The van der Waals surface area contributed by atoms with Crippen molar-refractivity contribution in [2.75, 3.05) is 7.05 Å². The van der Waals surface area contributed by atoms with Gasteiger partial charge in [-0.3, -0.25) is 10.7 Å². The zero-order valence-corrected chi connectivity index (χ0v) is 8.42. The van der Waals surface area contributed by atoms with Gasteiger partial charge in [0.1, 0.15) is 5.84 Å². The number of amidine groups is 1. The van der Waals surface area contributed by atoms with Gasteiger partial charge in [-0.05, 0) is 5.92 Å². The molecule has 0 aliphatic carbocycles. The Kier molecular flexibility index (Phi) is 2.90. The summed E-state index contributed by atoms with van der Waals surface area (Å²) in [7, 11) is 1.75. The molecule has 0 radical (unpaired) electrons. The summed E-state index contributed by atoms with van der Waals surface area (Å²) in [5, 5.41) is 10.2. The molecule has 0 saturated carbocycles. The first-order valence-electron chi connectivity index (χ1n) is 4.74. The van der Waals surface area contributed by atoms with Gasteiger partial charge in [0.15, 0.2) is 0 Å². The van der Waals surface area contributed by atoms with Crippen LogP contribution in [0, 0.1) is 11.3 Å². The summed E-state index contributed by atoms with van der Waals surface area (Å²) >= 11 is 0. The van der Waals surface area contributed by atoms with Crippen molar-refractivity contribution in [3.05, 3.63) is 0 Å². The van der Waals surface area contributed by atoms with Crippen molar-refractivity contribution in [3.63, 3.8) is 0 Å². The summed E-state index contributed by atoms with van der Waals surface area (Å²) in [5.41, 5.74) is 0. The van der Waals surface area contributed by atoms with Gasteiger partial charge >= 0.3 is 6.03 Å². The Morgan fingerprint density at radius 3 is 2.38 bits per heavy atom. The second-order valence-electron chi connectivity index (χ2n) is 3.48. The number of likely N-dealkylation sites (N-methyl/N-ethyl adjacent to an activating group) is 1. The predicted octanol–water partition coefficient (Wildman–Crippen LogP) is 1.42. The van der Waals surface area contributed by atoms with E-state index in [1.807, 2.05) is 0 Å². The van der Waals surface area contributed by atoms with Crippen molar-refractivity contribution >= 4 is 11.9 Å².